The van der Waals surface area contributed by atoms with Crippen LogP contribution in [0, 0.1) is 5.82 Å². The van der Waals surface area contributed by atoms with Gasteiger partial charge in [-0.25, -0.2) is 12.8 Å². The van der Waals surface area contributed by atoms with Crippen molar-refractivity contribution in [3.8, 4) is 0 Å². The molecule has 0 unspecified atom stereocenters. The van der Waals surface area contributed by atoms with Crippen LogP contribution in [0.15, 0.2) is 51.8 Å². The standard InChI is InChI=1S/C12H10BrFN2O2S/c13-9-3-1-2-4-11(9)16-19(17,18)12-7-8(15)5-6-10(12)14/h1-7,16H,15H2. The van der Waals surface area contributed by atoms with E-state index in [2.05, 4.69) is 20.7 Å². The largest absolute Gasteiger partial charge is 0.399 e. The van der Waals surface area contributed by atoms with Crippen molar-refractivity contribution in [3.05, 3.63) is 52.8 Å². The first kappa shape index (κ1) is 13.8. The zero-order valence-electron chi connectivity index (χ0n) is 9.60. The van der Waals surface area contributed by atoms with E-state index in [1.54, 1.807) is 24.3 Å². The third-order valence-electron chi connectivity index (χ3n) is 2.36. The molecule has 0 saturated heterocycles. The molecule has 4 nitrogen and oxygen atoms in total. The maximum atomic E-state index is 13.6. The van der Waals surface area contributed by atoms with Crippen LogP contribution in [0.25, 0.3) is 0 Å². The van der Waals surface area contributed by atoms with E-state index in [-0.39, 0.29) is 5.69 Å². The molecule has 0 atom stereocenters. The van der Waals surface area contributed by atoms with Gasteiger partial charge >= 0.3 is 0 Å². The number of sulfonamides is 1. The van der Waals surface area contributed by atoms with Crippen molar-refractivity contribution in [2.24, 2.45) is 0 Å². The van der Waals surface area contributed by atoms with E-state index in [0.29, 0.717) is 10.2 Å². The number of halogens is 2. The number of nitrogens with two attached hydrogens (primary N) is 1. The third kappa shape index (κ3) is 3.05. The summed E-state index contributed by atoms with van der Waals surface area (Å²) >= 11 is 3.21. The second-order valence-electron chi connectivity index (χ2n) is 3.78. The van der Waals surface area contributed by atoms with Crippen molar-refractivity contribution < 1.29 is 12.8 Å². The molecule has 19 heavy (non-hydrogen) atoms. The van der Waals surface area contributed by atoms with E-state index in [4.69, 9.17) is 5.73 Å². The molecule has 2 aromatic carbocycles. The molecule has 0 spiro atoms. The Morgan fingerprint density at radius 2 is 1.84 bits per heavy atom. The number of rotatable bonds is 3. The zero-order valence-corrected chi connectivity index (χ0v) is 12.0. The van der Waals surface area contributed by atoms with Crippen LogP contribution in [-0.2, 0) is 10.0 Å². The maximum absolute atomic E-state index is 13.6. The predicted octanol–water partition coefficient (Wildman–Crippen LogP) is 2.97. The van der Waals surface area contributed by atoms with Gasteiger partial charge in [0, 0.05) is 10.2 Å². The highest BCUT2D eigenvalue weighted by Crippen LogP contribution is 2.26. The Hall–Kier alpha value is -1.60. The van der Waals surface area contributed by atoms with Crippen molar-refractivity contribution >= 4 is 37.3 Å². The van der Waals surface area contributed by atoms with Crippen LogP contribution in [0.4, 0.5) is 15.8 Å². The molecule has 0 heterocycles. The summed E-state index contributed by atoms with van der Waals surface area (Å²) in [5.74, 6) is -0.853. The molecule has 3 N–H and O–H groups in total. The van der Waals surface area contributed by atoms with E-state index in [1.165, 1.54) is 6.07 Å². The van der Waals surface area contributed by atoms with Gasteiger partial charge in [0.1, 0.15) is 10.7 Å². The highest BCUT2D eigenvalue weighted by molar-refractivity contribution is 9.10. The van der Waals surface area contributed by atoms with Crippen molar-refractivity contribution in [1.29, 1.82) is 0 Å². The molecular formula is C12H10BrFN2O2S. The van der Waals surface area contributed by atoms with Crippen molar-refractivity contribution in [3.63, 3.8) is 0 Å². The van der Waals surface area contributed by atoms with Gasteiger partial charge in [0.05, 0.1) is 5.69 Å². The molecule has 0 aromatic heterocycles. The Bertz CT molecular complexity index is 719. The first-order chi connectivity index (χ1) is 8.90. The summed E-state index contributed by atoms with van der Waals surface area (Å²) in [5.41, 5.74) is 5.98. The predicted molar refractivity (Wildman–Crippen MR) is 75.8 cm³/mol. The average molecular weight is 345 g/mol. The van der Waals surface area contributed by atoms with Crippen molar-refractivity contribution in [2.75, 3.05) is 10.5 Å². The van der Waals surface area contributed by atoms with Gasteiger partial charge in [0.15, 0.2) is 0 Å². The molecular weight excluding hydrogens is 335 g/mol. The summed E-state index contributed by atoms with van der Waals surface area (Å²) < 4.78 is 40.6. The van der Waals surface area contributed by atoms with Crippen molar-refractivity contribution in [1.82, 2.24) is 0 Å². The Kier molecular flexibility index (Phi) is 3.77. The van der Waals surface area contributed by atoms with Crippen molar-refractivity contribution in [2.45, 2.75) is 4.90 Å². The molecule has 100 valence electrons. The molecule has 0 aliphatic heterocycles. The number of hydrogen-bond donors (Lipinski definition) is 2. The fourth-order valence-corrected chi connectivity index (χ4v) is 3.18. The molecule has 0 amide bonds. The quantitative estimate of drug-likeness (QED) is 0.840. The second kappa shape index (κ2) is 5.18. The topological polar surface area (TPSA) is 72.2 Å². The number of anilines is 2. The van der Waals surface area contributed by atoms with Crippen LogP contribution in [0.2, 0.25) is 0 Å². The summed E-state index contributed by atoms with van der Waals surface area (Å²) in [4.78, 5) is -0.483. The Morgan fingerprint density at radius 3 is 2.53 bits per heavy atom. The van der Waals surface area contributed by atoms with E-state index in [9.17, 15) is 12.8 Å². The number of nitrogen functional groups attached to an aromatic ring is 1. The molecule has 0 radical (unpaired) electrons. The van der Waals surface area contributed by atoms with Crippen LogP contribution in [-0.4, -0.2) is 8.42 Å². The van der Waals surface area contributed by atoms with E-state index in [0.717, 1.165) is 12.1 Å². The van der Waals surface area contributed by atoms with Crippen LogP contribution in [0.1, 0.15) is 0 Å². The molecule has 0 saturated carbocycles. The second-order valence-corrected chi connectivity index (χ2v) is 6.28. The summed E-state index contributed by atoms with van der Waals surface area (Å²) in [6, 6.07) is 10.0. The van der Waals surface area contributed by atoms with E-state index < -0.39 is 20.7 Å². The van der Waals surface area contributed by atoms with Gasteiger partial charge in [0.2, 0.25) is 0 Å². The lowest BCUT2D eigenvalue weighted by Gasteiger charge is -2.10. The minimum absolute atomic E-state index is 0.175. The maximum Gasteiger partial charge on any atom is 0.264 e. The molecule has 0 aliphatic carbocycles. The van der Waals surface area contributed by atoms with Gasteiger partial charge in [-0.2, -0.15) is 0 Å². The molecule has 2 aromatic rings. The number of para-hydroxylation sites is 1. The van der Waals surface area contributed by atoms with Gasteiger partial charge in [-0.1, -0.05) is 12.1 Å². The molecule has 0 bridgehead atoms. The SMILES string of the molecule is Nc1ccc(F)c(S(=O)(=O)Nc2ccccc2Br)c1. The molecule has 0 fully saturated rings. The molecule has 2 rings (SSSR count). The summed E-state index contributed by atoms with van der Waals surface area (Å²) in [6.07, 6.45) is 0. The highest BCUT2D eigenvalue weighted by Gasteiger charge is 2.20. The smallest absolute Gasteiger partial charge is 0.264 e. The fourth-order valence-electron chi connectivity index (χ4n) is 1.47. The number of benzene rings is 2. The van der Waals surface area contributed by atoms with Gasteiger partial charge in [-0.05, 0) is 46.3 Å². The minimum atomic E-state index is -4.02. The average Bonchev–Trinajstić information content (AvgIpc) is 2.35. The molecule has 7 heteroatoms. The van der Waals surface area contributed by atoms with Crippen LogP contribution < -0.4 is 10.5 Å². The number of nitrogens with one attached hydrogen (secondary N) is 1. The Labute approximate surface area is 118 Å². The minimum Gasteiger partial charge on any atom is -0.399 e. The zero-order chi connectivity index (χ0) is 14.0. The highest BCUT2D eigenvalue weighted by atomic mass is 79.9. The van der Waals surface area contributed by atoms with Gasteiger partial charge < -0.3 is 5.73 Å². The summed E-state index contributed by atoms with van der Waals surface area (Å²) in [5, 5.41) is 0. The normalized spacial score (nSPS) is 11.3. The lowest BCUT2D eigenvalue weighted by Crippen LogP contribution is -2.15. The monoisotopic (exact) mass is 344 g/mol. The molecule has 0 aliphatic rings. The number of hydrogen-bond acceptors (Lipinski definition) is 3. The Morgan fingerprint density at radius 1 is 1.16 bits per heavy atom. The van der Waals surface area contributed by atoms with E-state index in [1.807, 2.05) is 0 Å². The summed E-state index contributed by atoms with van der Waals surface area (Å²) in [7, 11) is -4.02. The van der Waals surface area contributed by atoms with Gasteiger partial charge in [-0.3, -0.25) is 4.72 Å². The van der Waals surface area contributed by atoms with Crippen LogP contribution in [0.3, 0.4) is 0 Å². The first-order valence-corrected chi connectivity index (χ1v) is 7.50. The lowest BCUT2D eigenvalue weighted by molar-refractivity contribution is 0.570. The lowest BCUT2D eigenvalue weighted by atomic mass is 10.3. The van der Waals surface area contributed by atoms with Crippen LogP contribution in [0.5, 0.6) is 0 Å². The summed E-state index contributed by atoms with van der Waals surface area (Å²) in [6.45, 7) is 0. The fraction of sp³-hybridized carbons (Fsp3) is 0. The van der Waals surface area contributed by atoms with Gasteiger partial charge in [0.25, 0.3) is 10.0 Å². The first-order valence-electron chi connectivity index (χ1n) is 5.22. The van der Waals surface area contributed by atoms with Gasteiger partial charge in [-0.15, -0.1) is 0 Å². The Balaban J connectivity index is 2.44. The van der Waals surface area contributed by atoms with E-state index >= 15 is 0 Å². The third-order valence-corrected chi connectivity index (χ3v) is 4.43. The van der Waals surface area contributed by atoms with Crippen LogP contribution >= 0.6 is 15.9 Å².